The average molecular weight is 325 g/mol. The van der Waals surface area contributed by atoms with Crippen molar-refractivity contribution in [2.75, 3.05) is 14.2 Å². The third-order valence-electron chi connectivity index (χ3n) is 3.53. The summed E-state index contributed by atoms with van der Waals surface area (Å²) in [6.45, 7) is 1.79. The molecule has 2 aromatic rings. The summed E-state index contributed by atoms with van der Waals surface area (Å²) in [7, 11) is 2.92. The molecule has 6 heteroatoms. The summed E-state index contributed by atoms with van der Waals surface area (Å²) >= 11 is 0. The van der Waals surface area contributed by atoms with Crippen molar-refractivity contribution in [3.05, 3.63) is 47.5 Å². The normalized spacial score (nSPS) is 12.8. The molecular weight excluding hydrogens is 307 g/mol. The second-order valence-corrected chi connectivity index (χ2v) is 5.17. The molecule has 0 aliphatic heterocycles. The van der Waals surface area contributed by atoms with Crippen LogP contribution >= 0.6 is 0 Å². The SMILES string of the molecule is COc1cc(C(C)N)cc(-c2cccc(C(F)(F)F)c2)c1OC. The lowest BCUT2D eigenvalue weighted by atomic mass is 9.97. The molecule has 2 aromatic carbocycles. The van der Waals surface area contributed by atoms with Crippen LogP contribution < -0.4 is 15.2 Å². The topological polar surface area (TPSA) is 44.5 Å². The Labute approximate surface area is 132 Å². The lowest BCUT2D eigenvalue weighted by Crippen LogP contribution is -2.07. The van der Waals surface area contributed by atoms with E-state index in [1.54, 1.807) is 25.1 Å². The van der Waals surface area contributed by atoms with Gasteiger partial charge in [-0.25, -0.2) is 0 Å². The zero-order valence-corrected chi connectivity index (χ0v) is 13.1. The van der Waals surface area contributed by atoms with Crippen LogP contribution in [0.4, 0.5) is 13.2 Å². The Morgan fingerprint density at radius 1 is 1.04 bits per heavy atom. The Morgan fingerprint density at radius 3 is 2.26 bits per heavy atom. The first-order valence-corrected chi connectivity index (χ1v) is 6.97. The first-order valence-electron chi connectivity index (χ1n) is 6.97. The molecule has 124 valence electrons. The number of nitrogens with two attached hydrogens (primary N) is 1. The largest absolute Gasteiger partial charge is 0.493 e. The summed E-state index contributed by atoms with van der Waals surface area (Å²) in [6, 6.07) is 8.23. The molecular formula is C17H18F3NO2. The number of methoxy groups -OCH3 is 2. The molecule has 0 spiro atoms. The number of hydrogen-bond donors (Lipinski definition) is 1. The van der Waals surface area contributed by atoms with Gasteiger partial charge in [0, 0.05) is 11.6 Å². The summed E-state index contributed by atoms with van der Waals surface area (Å²) in [5, 5.41) is 0. The zero-order chi connectivity index (χ0) is 17.2. The number of ether oxygens (including phenoxy) is 2. The van der Waals surface area contributed by atoms with E-state index in [1.807, 2.05) is 0 Å². The quantitative estimate of drug-likeness (QED) is 0.905. The molecule has 0 aromatic heterocycles. The lowest BCUT2D eigenvalue weighted by molar-refractivity contribution is -0.137. The molecule has 0 fully saturated rings. The Kier molecular flexibility index (Phi) is 4.85. The number of rotatable bonds is 4. The van der Waals surface area contributed by atoms with Gasteiger partial charge in [-0.05, 0) is 42.3 Å². The smallest absolute Gasteiger partial charge is 0.416 e. The molecule has 0 aliphatic carbocycles. The zero-order valence-electron chi connectivity index (χ0n) is 13.1. The maximum absolute atomic E-state index is 12.9. The van der Waals surface area contributed by atoms with Crippen LogP contribution in [0.3, 0.4) is 0 Å². The van der Waals surface area contributed by atoms with Crippen molar-refractivity contribution in [3.8, 4) is 22.6 Å². The van der Waals surface area contributed by atoms with Gasteiger partial charge in [-0.15, -0.1) is 0 Å². The van der Waals surface area contributed by atoms with Crippen LogP contribution in [0.1, 0.15) is 24.1 Å². The van der Waals surface area contributed by atoms with Gasteiger partial charge < -0.3 is 15.2 Å². The van der Waals surface area contributed by atoms with E-state index < -0.39 is 11.7 Å². The van der Waals surface area contributed by atoms with Crippen LogP contribution in [0.5, 0.6) is 11.5 Å². The van der Waals surface area contributed by atoms with Gasteiger partial charge in [0.2, 0.25) is 0 Å². The van der Waals surface area contributed by atoms with Crippen LogP contribution in [0.15, 0.2) is 36.4 Å². The van der Waals surface area contributed by atoms with Crippen LogP contribution in [-0.2, 0) is 6.18 Å². The van der Waals surface area contributed by atoms with Gasteiger partial charge in [-0.3, -0.25) is 0 Å². The Morgan fingerprint density at radius 2 is 1.74 bits per heavy atom. The van der Waals surface area contributed by atoms with Crippen molar-refractivity contribution in [2.24, 2.45) is 5.73 Å². The summed E-state index contributed by atoms with van der Waals surface area (Å²) in [6.07, 6.45) is -4.41. The molecule has 2 N–H and O–H groups in total. The monoisotopic (exact) mass is 325 g/mol. The Bertz CT molecular complexity index is 697. The minimum Gasteiger partial charge on any atom is -0.493 e. The highest BCUT2D eigenvalue weighted by atomic mass is 19.4. The third kappa shape index (κ3) is 3.59. The van der Waals surface area contributed by atoms with E-state index in [-0.39, 0.29) is 6.04 Å². The fourth-order valence-corrected chi connectivity index (χ4v) is 2.33. The number of benzene rings is 2. The van der Waals surface area contributed by atoms with E-state index in [1.165, 1.54) is 20.3 Å². The van der Waals surface area contributed by atoms with Crippen molar-refractivity contribution < 1.29 is 22.6 Å². The van der Waals surface area contributed by atoms with Crippen molar-refractivity contribution in [2.45, 2.75) is 19.1 Å². The van der Waals surface area contributed by atoms with Gasteiger partial charge in [0.1, 0.15) is 0 Å². The van der Waals surface area contributed by atoms with Crippen LogP contribution in [0.2, 0.25) is 0 Å². The van der Waals surface area contributed by atoms with Crippen LogP contribution in [0.25, 0.3) is 11.1 Å². The predicted octanol–water partition coefficient (Wildman–Crippen LogP) is 4.41. The highest BCUT2D eigenvalue weighted by molar-refractivity contribution is 5.75. The Hall–Kier alpha value is -2.21. The molecule has 2 rings (SSSR count). The molecule has 0 amide bonds. The highest BCUT2D eigenvalue weighted by Crippen LogP contribution is 2.41. The maximum Gasteiger partial charge on any atom is 0.416 e. The van der Waals surface area contributed by atoms with E-state index in [4.69, 9.17) is 15.2 Å². The minimum absolute atomic E-state index is 0.292. The summed E-state index contributed by atoms with van der Waals surface area (Å²) in [5.74, 6) is 0.797. The van der Waals surface area contributed by atoms with E-state index in [0.717, 1.165) is 17.7 Å². The molecule has 0 radical (unpaired) electrons. The molecule has 23 heavy (non-hydrogen) atoms. The van der Waals surface area contributed by atoms with Gasteiger partial charge in [0.15, 0.2) is 11.5 Å². The van der Waals surface area contributed by atoms with Gasteiger partial charge >= 0.3 is 6.18 Å². The van der Waals surface area contributed by atoms with Gasteiger partial charge in [0.05, 0.1) is 19.8 Å². The molecule has 1 atom stereocenters. The summed E-state index contributed by atoms with van der Waals surface area (Å²) in [4.78, 5) is 0. The van der Waals surface area contributed by atoms with E-state index in [2.05, 4.69) is 0 Å². The minimum atomic E-state index is -4.41. The molecule has 0 heterocycles. The maximum atomic E-state index is 12.9. The van der Waals surface area contributed by atoms with Crippen molar-refractivity contribution in [3.63, 3.8) is 0 Å². The van der Waals surface area contributed by atoms with Crippen LogP contribution in [-0.4, -0.2) is 14.2 Å². The number of halogens is 3. The lowest BCUT2D eigenvalue weighted by Gasteiger charge is -2.17. The van der Waals surface area contributed by atoms with Gasteiger partial charge in [-0.1, -0.05) is 12.1 Å². The van der Waals surface area contributed by atoms with Gasteiger partial charge in [-0.2, -0.15) is 13.2 Å². The molecule has 0 saturated carbocycles. The summed E-state index contributed by atoms with van der Waals surface area (Å²) in [5.41, 5.74) is 6.82. The van der Waals surface area contributed by atoms with Crippen molar-refractivity contribution >= 4 is 0 Å². The standard InChI is InChI=1S/C17H18F3NO2/c1-10(21)12-8-14(16(23-3)15(9-12)22-2)11-5-4-6-13(7-11)17(18,19)20/h4-10H,21H2,1-3H3. The fourth-order valence-electron chi connectivity index (χ4n) is 2.33. The second-order valence-electron chi connectivity index (χ2n) is 5.17. The fraction of sp³-hybridized carbons (Fsp3) is 0.294. The highest BCUT2D eigenvalue weighted by Gasteiger charge is 2.30. The third-order valence-corrected chi connectivity index (χ3v) is 3.53. The van der Waals surface area contributed by atoms with E-state index in [9.17, 15) is 13.2 Å². The first-order chi connectivity index (χ1) is 10.8. The van der Waals surface area contributed by atoms with Gasteiger partial charge in [0.25, 0.3) is 0 Å². The first kappa shape index (κ1) is 17.1. The number of hydrogen-bond acceptors (Lipinski definition) is 3. The average Bonchev–Trinajstić information content (AvgIpc) is 2.52. The Balaban J connectivity index is 2.68. The summed E-state index contributed by atoms with van der Waals surface area (Å²) < 4.78 is 49.4. The van der Waals surface area contributed by atoms with Crippen LogP contribution in [0, 0.1) is 0 Å². The second kappa shape index (κ2) is 6.50. The predicted molar refractivity (Wildman–Crippen MR) is 82.6 cm³/mol. The molecule has 0 aliphatic rings. The number of alkyl halides is 3. The van der Waals surface area contributed by atoms with E-state index >= 15 is 0 Å². The van der Waals surface area contributed by atoms with E-state index in [0.29, 0.717) is 22.6 Å². The molecule has 0 bridgehead atoms. The molecule has 1 unspecified atom stereocenters. The van der Waals surface area contributed by atoms with Crippen molar-refractivity contribution in [1.82, 2.24) is 0 Å². The van der Waals surface area contributed by atoms with Crippen molar-refractivity contribution in [1.29, 1.82) is 0 Å². The molecule has 3 nitrogen and oxygen atoms in total. The molecule has 0 saturated heterocycles.